The van der Waals surface area contributed by atoms with E-state index in [2.05, 4.69) is 20.8 Å². The average Bonchev–Trinajstić information content (AvgIpc) is 3.44. The van der Waals surface area contributed by atoms with Crippen LogP contribution in [0.15, 0.2) is 59.8 Å². The molecule has 4 rings (SSSR count). The number of aromatic nitrogens is 4. The molecule has 8 heteroatoms. The lowest BCUT2D eigenvalue weighted by Gasteiger charge is -2.18. The minimum Gasteiger partial charge on any atom is -0.497 e. The Kier molecular flexibility index (Phi) is 6.09. The highest BCUT2D eigenvalue weighted by molar-refractivity contribution is 8.00. The second kappa shape index (κ2) is 9.09. The molecule has 1 atom stereocenters. The van der Waals surface area contributed by atoms with E-state index in [4.69, 9.17) is 4.74 Å². The van der Waals surface area contributed by atoms with Gasteiger partial charge in [-0.2, -0.15) is 0 Å². The van der Waals surface area contributed by atoms with Crippen molar-refractivity contribution in [3.63, 3.8) is 0 Å². The summed E-state index contributed by atoms with van der Waals surface area (Å²) in [5.41, 5.74) is 1.59. The number of nitrogens with zero attached hydrogens (tertiary/aromatic N) is 4. The van der Waals surface area contributed by atoms with Crippen LogP contribution in [0.4, 0.5) is 5.69 Å². The van der Waals surface area contributed by atoms with Crippen LogP contribution in [0.2, 0.25) is 0 Å². The number of rotatable bonds is 7. The predicted octanol–water partition coefficient (Wildman–Crippen LogP) is 4.27. The number of amides is 1. The van der Waals surface area contributed by atoms with Gasteiger partial charge in [0.25, 0.3) is 0 Å². The molecule has 0 unspecified atom stereocenters. The highest BCUT2D eigenvalue weighted by atomic mass is 32.2. The van der Waals surface area contributed by atoms with Crippen LogP contribution >= 0.6 is 11.8 Å². The maximum absolute atomic E-state index is 13.2. The third-order valence-electron chi connectivity index (χ3n) is 5.03. The van der Waals surface area contributed by atoms with Gasteiger partial charge in [-0.05, 0) is 41.0 Å². The third kappa shape index (κ3) is 4.59. The first-order chi connectivity index (χ1) is 14.2. The molecule has 0 spiro atoms. The van der Waals surface area contributed by atoms with Crippen LogP contribution in [0.25, 0.3) is 0 Å². The Bertz CT molecular complexity index is 956. The standard InChI is InChI=1S/C21H23N5O2S/c1-28-18-13-7-10-16(14-18)22-20(27)19(15-8-3-2-4-9-15)29-21-23-24-25-26(21)17-11-5-6-12-17/h2-4,7-10,13-14,17,19H,5-6,11-12H2,1H3,(H,22,27)/t19-/m0/s1. The van der Waals surface area contributed by atoms with Crippen LogP contribution in [0, 0.1) is 0 Å². The van der Waals surface area contributed by atoms with Gasteiger partial charge in [0.15, 0.2) is 0 Å². The van der Waals surface area contributed by atoms with E-state index in [1.165, 1.54) is 24.6 Å². The molecule has 0 bridgehead atoms. The minimum absolute atomic E-state index is 0.129. The fourth-order valence-electron chi connectivity index (χ4n) is 3.56. The molecule has 1 aromatic heterocycles. The molecule has 0 radical (unpaired) electrons. The first-order valence-electron chi connectivity index (χ1n) is 9.69. The van der Waals surface area contributed by atoms with E-state index in [1.54, 1.807) is 13.2 Å². The van der Waals surface area contributed by atoms with E-state index < -0.39 is 5.25 Å². The van der Waals surface area contributed by atoms with Crippen molar-refractivity contribution in [1.82, 2.24) is 20.2 Å². The van der Waals surface area contributed by atoms with Gasteiger partial charge in [-0.15, -0.1) is 5.10 Å². The number of nitrogens with one attached hydrogen (secondary N) is 1. The molecular formula is C21H23N5O2S. The van der Waals surface area contributed by atoms with Gasteiger partial charge in [0.2, 0.25) is 11.1 Å². The number of anilines is 1. The maximum Gasteiger partial charge on any atom is 0.242 e. The lowest BCUT2D eigenvalue weighted by Crippen LogP contribution is -2.20. The summed E-state index contributed by atoms with van der Waals surface area (Å²) >= 11 is 1.38. The summed E-state index contributed by atoms with van der Waals surface area (Å²) in [5.74, 6) is 0.562. The fourth-order valence-corrected chi connectivity index (χ4v) is 4.60. The number of methoxy groups -OCH3 is 1. The molecule has 1 amide bonds. The van der Waals surface area contributed by atoms with Crippen molar-refractivity contribution in [2.75, 3.05) is 12.4 Å². The Morgan fingerprint density at radius 1 is 1.17 bits per heavy atom. The van der Waals surface area contributed by atoms with Gasteiger partial charge >= 0.3 is 0 Å². The molecular weight excluding hydrogens is 386 g/mol. The molecule has 1 fully saturated rings. The van der Waals surface area contributed by atoms with Gasteiger partial charge in [0.1, 0.15) is 11.0 Å². The monoisotopic (exact) mass is 409 g/mol. The summed E-state index contributed by atoms with van der Waals surface area (Å²) in [6.07, 6.45) is 4.52. The van der Waals surface area contributed by atoms with E-state index >= 15 is 0 Å². The molecule has 0 aliphatic heterocycles. The molecule has 0 saturated heterocycles. The maximum atomic E-state index is 13.2. The molecule has 1 saturated carbocycles. The van der Waals surface area contributed by atoms with E-state index in [0.717, 1.165) is 18.4 Å². The predicted molar refractivity (Wildman–Crippen MR) is 112 cm³/mol. The van der Waals surface area contributed by atoms with Crippen molar-refractivity contribution >= 4 is 23.4 Å². The van der Waals surface area contributed by atoms with Crippen molar-refractivity contribution in [1.29, 1.82) is 0 Å². The zero-order valence-electron chi connectivity index (χ0n) is 16.2. The lowest BCUT2D eigenvalue weighted by molar-refractivity contribution is -0.115. The number of benzene rings is 2. The number of carbonyl (C=O) groups is 1. The summed E-state index contributed by atoms with van der Waals surface area (Å²) in [6.45, 7) is 0. The van der Waals surface area contributed by atoms with Gasteiger partial charge < -0.3 is 10.1 Å². The van der Waals surface area contributed by atoms with Crippen LogP contribution < -0.4 is 10.1 Å². The lowest BCUT2D eigenvalue weighted by atomic mass is 10.1. The summed E-state index contributed by atoms with van der Waals surface area (Å²) in [5, 5.41) is 15.5. The third-order valence-corrected chi connectivity index (χ3v) is 6.24. The summed E-state index contributed by atoms with van der Waals surface area (Å²) in [6, 6.07) is 17.3. The molecule has 1 aliphatic carbocycles. The normalized spacial score (nSPS) is 15.2. The van der Waals surface area contributed by atoms with E-state index in [1.807, 2.05) is 53.2 Å². The highest BCUT2D eigenvalue weighted by Crippen LogP contribution is 2.38. The van der Waals surface area contributed by atoms with Crippen LogP contribution in [-0.2, 0) is 4.79 Å². The number of tetrazole rings is 1. The number of hydrogen-bond acceptors (Lipinski definition) is 6. The second-order valence-corrected chi connectivity index (χ2v) is 8.05. The van der Waals surface area contributed by atoms with Gasteiger partial charge in [-0.25, -0.2) is 4.68 Å². The van der Waals surface area contributed by atoms with Crippen molar-refractivity contribution in [3.8, 4) is 5.75 Å². The summed E-state index contributed by atoms with van der Waals surface area (Å²) in [4.78, 5) is 13.2. The summed E-state index contributed by atoms with van der Waals surface area (Å²) < 4.78 is 7.13. The Labute approximate surface area is 173 Å². The SMILES string of the molecule is COc1cccc(NC(=O)[C@@H](Sc2nnnn2C2CCCC2)c2ccccc2)c1. The van der Waals surface area contributed by atoms with Crippen molar-refractivity contribution in [2.45, 2.75) is 42.1 Å². The Hall–Kier alpha value is -2.87. The van der Waals surface area contributed by atoms with Gasteiger partial charge in [-0.3, -0.25) is 4.79 Å². The molecule has 3 aromatic rings. The topological polar surface area (TPSA) is 81.9 Å². The molecule has 7 nitrogen and oxygen atoms in total. The van der Waals surface area contributed by atoms with E-state index in [-0.39, 0.29) is 5.91 Å². The van der Waals surface area contributed by atoms with E-state index in [0.29, 0.717) is 22.6 Å². The number of ether oxygens (including phenoxy) is 1. The molecule has 2 aromatic carbocycles. The molecule has 1 aliphatic rings. The molecule has 1 N–H and O–H groups in total. The quantitative estimate of drug-likeness (QED) is 0.587. The zero-order valence-corrected chi connectivity index (χ0v) is 17.0. The van der Waals surface area contributed by atoms with Crippen molar-refractivity contribution in [2.24, 2.45) is 0 Å². The average molecular weight is 410 g/mol. The van der Waals surface area contributed by atoms with Crippen LogP contribution in [0.1, 0.15) is 42.5 Å². The smallest absolute Gasteiger partial charge is 0.242 e. The van der Waals surface area contributed by atoms with Gasteiger partial charge in [0.05, 0.1) is 13.2 Å². The first kappa shape index (κ1) is 19.4. The van der Waals surface area contributed by atoms with Crippen LogP contribution in [-0.4, -0.2) is 33.2 Å². The van der Waals surface area contributed by atoms with Crippen LogP contribution in [0.5, 0.6) is 5.75 Å². The first-order valence-corrected chi connectivity index (χ1v) is 10.6. The number of hydrogen-bond donors (Lipinski definition) is 1. The Morgan fingerprint density at radius 2 is 1.97 bits per heavy atom. The van der Waals surface area contributed by atoms with Gasteiger partial charge in [-0.1, -0.05) is 61.0 Å². The Morgan fingerprint density at radius 3 is 2.72 bits per heavy atom. The highest BCUT2D eigenvalue weighted by Gasteiger charge is 2.28. The zero-order chi connectivity index (χ0) is 20.1. The van der Waals surface area contributed by atoms with E-state index in [9.17, 15) is 4.79 Å². The largest absolute Gasteiger partial charge is 0.497 e. The van der Waals surface area contributed by atoms with Gasteiger partial charge in [0, 0.05) is 11.8 Å². The van der Waals surface area contributed by atoms with Crippen molar-refractivity contribution in [3.05, 3.63) is 60.2 Å². The van der Waals surface area contributed by atoms with Crippen molar-refractivity contribution < 1.29 is 9.53 Å². The molecule has 29 heavy (non-hydrogen) atoms. The minimum atomic E-state index is -0.478. The van der Waals surface area contributed by atoms with Crippen LogP contribution in [0.3, 0.4) is 0 Å². The second-order valence-electron chi connectivity index (χ2n) is 6.97. The molecule has 1 heterocycles. The number of carbonyl (C=O) groups excluding carboxylic acids is 1. The molecule has 150 valence electrons. The summed E-state index contributed by atoms with van der Waals surface area (Å²) in [7, 11) is 1.60. The Balaban J connectivity index is 1.59. The number of thioether (sulfide) groups is 1. The fraction of sp³-hybridized carbons (Fsp3) is 0.333.